The first-order chi connectivity index (χ1) is 6.62. The van der Waals surface area contributed by atoms with Crippen molar-refractivity contribution in [1.29, 1.82) is 0 Å². The second-order valence-electron chi connectivity index (χ2n) is 4.06. The molecule has 14 heavy (non-hydrogen) atoms. The normalized spacial score (nSPS) is 26.6. The zero-order valence-corrected chi connectivity index (χ0v) is 8.16. The van der Waals surface area contributed by atoms with E-state index < -0.39 is 0 Å². The summed E-state index contributed by atoms with van der Waals surface area (Å²) in [5, 5.41) is 19.1. The van der Waals surface area contributed by atoms with E-state index in [9.17, 15) is 10.2 Å². The predicted molar refractivity (Wildman–Crippen MR) is 52.6 cm³/mol. The fraction of sp³-hybridized carbons (Fsp3) is 0.455. The topological polar surface area (TPSA) is 49.7 Å². The molecule has 1 aromatic rings. The van der Waals surface area contributed by atoms with Crippen LogP contribution >= 0.6 is 0 Å². The van der Waals surface area contributed by atoms with Crippen molar-refractivity contribution in [3.8, 4) is 11.5 Å². The van der Waals surface area contributed by atoms with Gasteiger partial charge in [-0.1, -0.05) is 6.92 Å². The average Bonchev–Trinajstić information content (AvgIpc) is 2.58. The Morgan fingerprint density at radius 1 is 1.36 bits per heavy atom. The average molecular weight is 194 g/mol. The number of phenols is 2. The Labute approximate surface area is 83.0 Å². The third-order valence-corrected chi connectivity index (χ3v) is 2.85. The summed E-state index contributed by atoms with van der Waals surface area (Å²) < 4.78 is 5.32. The molecule has 0 spiro atoms. The molecule has 1 atom stereocenters. The molecule has 3 heteroatoms. The molecule has 3 nitrogen and oxygen atoms in total. The van der Waals surface area contributed by atoms with E-state index in [0.29, 0.717) is 13.2 Å². The van der Waals surface area contributed by atoms with Crippen LogP contribution in [0.2, 0.25) is 0 Å². The number of benzene rings is 1. The maximum atomic E-state index is 9.69. The van der Waals surface area contributed by atoms with Gasteiger partial charge in [0.05, 0.1) is 6.61 Å². The largest absolute Gasteiger partial charge is 0.508 e. The highest BCUT2D eigenvalue weighted by atomic mass is 16.5. The lowest BCUT2D eigenvalue weighted by molar-refractivity contribution is 0.180. The van der Waals surface area contributed by atoms with Crippen LogP contribution in [0.3, 0.4) is 0 Å². The smallest absolute Gasteiger partial charge is 0.119 e. The second-order valence-corrected chi connectivity index (χ2v) is 4.06. The first-order valence-electron chi connectivity index (χ1n) is 4.72. The molecule has 76 valence electrons. The van der Waals surface area contributed by atoms with Gasteiger partial charge < -0.3 is 14.9 Å². The van der Waals surface area contributed by atoms with Gasteiger partial charge in [-0.3, -0.25) is 0 Å². The number of rotatable bonds is 1. The number of hydrogen-bond donors (Lipinski definition) is 2. The molecule has 0 saturated carbocycles. The van der Waals surface area contributed by atoms with Crippen molar-refractivity contribution in [2.24, 2.45) is 0 Å². The lowest BCUT2D eigenvalue weighted by atomic mass is 9.81. The molecule has 1 aromatic carbocycles. The Balaban J connectivity index is 2.44. The maximum absolute atomic E-state index is 9.69. The van der Waals surface area contributed by atoms with Crippen LogP contribution in [-0.2, 0) is 10.2 Å². The lowest BCUT2D eigenvalue weighted by Crippen LogP contribution is -2.21. The summed E-state index contributed by atoms with van der Waals surface area (Å²) in [4.78, 5) is 0. The highest BCUT2D eigenvalue weighted by Crippen LogP contribution is 2.39. The standard InChI is InChI=1S/C11H14O3/c1-11(4-5-14-7-11)9-6-8(12)2-3-10(9)13/h2-3,6,12-13H,4-5,7H2,1H3. The summed E-state index contributed by atoms with van der Waals surface area (Å²) in [6, 6.07) is 4.62. The first-order valence-corrected chi connectivity index (χ1v) is 4.72. The number of aromatic hydroxyl groups is 2. The zero-order valence-electron chi connectivity index (χ0n) is 8.16. The summed E-state index contributed by atoms with van der Waals surface area (Å²) >= 11 is 0. The van der Waals surface area contributed by atoms with Crippen LogP contribution in [0.15, 0.2) is 18.2 Å². The Morgan fingerprint density at radius 3 is 2.79 bits per heavy atom. The van der Waals surface area contributed by atoms with E-state index in [1.165, 1.54) is 12.1 Å². The van der Waals surface area contributed by atoms with Crippen molar-refractivity contribution >= 4 is 0 Å². The van der Waals surface area contributed by atoms with Gasteiger partial charge in [0.25, 0.3) is 0 Å². The van der Waals surface area contributed by atoms with Crippen molar-refractivity contribution in [3.05, 3.63) is 23.8 Å². The maximum Gasteiger partial charge on any atom is 0.119 e. The van der Waals surface area contributed by atoms with Crippen molar-refractivity contribution in [1.82, 2.24) is 0 Å². The highest BCUT2D eigenvalue weighted by Gasteiger charge is 2.34. The minimum atomic E-state index is -0.164. The molecule has 0 bridgehead atoms. The summed E-state index contributed by atoms with van der Waals surface area (Å²) in [7, 11) is 0. The zero-order chi connectivity index (χ0) is 10.2. The molecule has 0 radical (unpaired) electrons. The minimum Gasteiger partial charge on any atom is -0.508 e. The molecule has 0 aromatic heterocycles. The van der Waals surface area contributed by atoms with Crippen molar-refractivity contribution in [2.75, 3.05) is 13.2 Å². The Hall–Kier alpha value is -1.22. The van der Waals surface area contributed by atoms with Gasteiger partial charge in [-0.05, 0) is 24.6 Å². The van der Waals surface area contributed by atoms with E-state index in [1.807, 2.05) is 6.92 Å². The Morgan fingerprint density at radius 2 is 2.14 bits per heavy atom. The van der Waals surface area contributed by atoms with Gasteiger partial charge in [0, 0.05) is 17.6 Å². The molecule has 2 N–H and O–H groups in total. The number of phenolic OH excluding ortho intramolecular Hbond substituents is 2. The van der Waals surface area contributed by atoms with E-state index in [2.05, 4.69) is 0 Å². The van der Waals surface area contributed by atoms with E-state index in [-0.39, 0.29) is 16.9 Å². The third-order valence-electron chi connectivity index (χ3n) is 2.85. The van der Waals surface area contributed by atoms with E-state index in [4.69, 9.17) is 4.74 Å². The summed E-state index contributed by atoms with van der Waals surface area (Å²) in [5.74, 6) is 0.418. The first kappa shape index (κ1) is 9.34. The van der Waals surface area contributed by atoms with Gasteiger partial charge in [0.2, 0.25) is 0 Å². The molecule has 1 aliphatic heterocycles. The number of hydrogen-bond acceptors (Lipinski definition) is 3. The van der Waals surface area contributed by atoms with Gasteiger partial charge in [-0.25, -0.2) is 0 Å². The molecule has 1 heterocycles. The fourth-order valence-electron chi connectivity index (χ4n) is 1.89. The molecule has 1 aliphatic rings. The quantitative estimate of drug-likeness (QED) is 0.670. The molecular formula is C11H14O3. The minimum absolute atomic E-state index is 0.164. The Kier molecular flexibility index (Phi) is 2.11. The van der Waals surface area contributed by atoms with Crippen LogP contribution < -0.4 is 0 Å². The van der Waals surface area contributed by atoms with Crippen molar-refractivity contribution in [3.63, 3.8) is 0 Å². The summed E-state index contributed by atoms with van der Waals surface area (Å²) in [5.41, 5.74) is 0.609. The van der Waals surface area contributed by atoms with Crippen LogP contribution in [-0.4, -0.2) is 23.4 Å². The lowest BCUT2D eigenvalue weighted by Gasteiger charge is -2.23. The third kappa shape index (κ3) is 1.44. The summed E-state index contributed by atoms with van der Waals surface area (Å²) in [6.07, 6.45) is 0.879. The highest BCUT2D eigenvalue weighted by molar-refractivity contribution is 5.43. The van der Waals surface area contributed by atoms with Crippen molar-refractivity contribution in [2.45, 2.75) is 18.8 Å². The molecule has 0 aliphatic carbocycles. The molecule has 1 fully saturated rings. The van der Waals surface area contributed by atoms with E-state index in [1.54, 1.807) is 6.07 Å². The molecule has 1 unspecified atom stereocenters. The Bertz CT molecular complexity index is 340. The number of ether oxygens (including phenoxy) is 1. The monoisotopic (exact) mass is 194 g/mol. The van der Waals surface area contributed by atoms with Crippen molar-refractivity contribution < 1.29 is 14.9 Å². The van der Waals surface area contributed by atoms with Gasteiger partial charge in [0.15, 0.2) is 0 Å². The molecular weight excluding hydrogens is 180 g/mol. The molecule has 0 amide bonds. The van der Waals surface area contributed by atoms with Crippen LogP contribution in [0, 0.1) is 0 Å². The van der Waals surface area contributed by atoms with Gasteiger partial charge in [-0.2, -0.15) is 0 Å². The summed E-state index contributed by atoms with van der Waals surface area (Å²) in [6.45, 7) is 3.35. The van der Waals surface area contributed by atoms with Crippen LogP contribution in [0.25, 0.3) is 0 Å². The molecule has 1 saturated heterocycles. The molecule has 2 rings (SSSR count). The van der Waals surface area contributed by atoms with E-state index >= 15 is 0 Å². The van der Waals surface area contributed by atoms with Gasteiger partial charge in [0.1, 0.15) is 11.5 Å². The van der Waals surface area contributed by atoms with E-state index in [0.717, 1.165) is 12.0 Å². The second kappa shape index (κ2) is 3.17. The van der Waals surface area contributed by atoms with Crippen LogP contribution in [0.4, 0.5) is 0 Å². The van der Waals surface area contributed by atoms with Crippen LogP contribution in [0.1, 0.15) is 18.9 Å². The van der Waals surface area contributed by atoms with Gasteiger partial charge in [-0.15, -0.1) is 0 Å². The SMILES string of the molecule is CC1(c2cc(O)ccc2O)CCOC1. The van der Waals surface area contributed by atoms with Gasteiger partial charge >= 0.3 is 0 Å². The predicted octanol–water partition coefficient (Wildman–Crippen LogP) is 1.78. The fourth-order valence-corrected chi connectivity index (χ4v) is 1.89. The van der Waals surface area contributed by atoms with Crippen LogP contribution in [0.5, 0.6) is 11.5 Å².